The van der Waals surface area contributed by atoms with Gasteiger partial charge >= 0.3 is 5.97 Å². The van der Waals surface area contributed by atoms with Crippen LogP contribution in [0.25, 0.3) is 10.9 Å². The van der Waals surface area contributed by atoms with Gasteiger partial charge in [0.2, 0.25) is 5.43 Å². The molecule has 2 aliphatic carbocycles. The second-order valence-electron chi connectivity index (χ2n) is 7.71. The molecule has 2 aromatic rings. The number of esters is 1. The van der Waals surface area contributed by atoms with Gasteiger partial charge in [0.15, 0.2) is 0 Å². The quantitative estimate of drug-likeness (QED) is 0.502. The molecule has 0 bridgehead atoms. The lowest BCUT2D eigenvalue weighted by Crippen LogP contribution is -2.21. The van der Waals surface area contributed by atoms with Crippen molar-refractivity contribution in [1.29, 1.82) is 0 Å². The third-order valence-electron chi connectivity index (χ3n) is 5.40. The number of carbonyl (C=O) groups is 1. The molecule has 2 aliphatic rings. The fourth-order valence-electron chi connectivity index (χ4n) is 3.70. The maximum absolute atomic E-state index is 14.8. The molecule has 9 heteroatoms. The number of rotatable bonds is 7. The van der Waals surface area contributed by atoms with Crippen molar-refractivity contribution < 1.29 is 26.5 Å². The Labute approximate surface area is 167 Å². The minimum Gasteiger partial charge on any atom is -0.462 e. The van der Waals surface area contributed by atoms with Gasteiger partial charge in [0, 0.05) is 17.6 Å². The van der Waals surface area contributed by atoms with Crippen molar-refractivity contribution in [2.45, 2.75) is 38.1 Å². The molecule has 0 N–H and O–H groups in total. The van der Waals surface area contributed by atoms with E-state index in [2.05, 4.69) is 0 Å². The van der Waals surface area contributed by atoms with Crippen LogP contribution in [0.5, 0.6) is 0 Å². The van der Waals surface area contributed by atoms with Crippen molar-refractivity contribution in [2.75, 3.05) is 19.5 Å². The minimum atomic E-state index is -3.55. The predicted octanol–water partition coefficient (Wildman–Crippen LogP) is 2.73. The first-order valence-corrected chi connectivity index (χ1v) is 11.4. The Bertz CT molecular complexity index is 1150. The van der Waals surface area contributed by atoms with Crippen molar-refractivity contribution in [3.05, 3.63) is 45.5 Å². The monoisotopic (exact) mass is 423 g/mol. The summed E-state index contributed by atoms with van der Waals surface area (Å²) in [5.74, 6) is -1.49. The lowest BCUT2D eigenvalue weighted by Gasteiger charge is -2.14. The number of hydrogen-bond acceptors (Lipinski definition) is 6. The van der Waals surface area contributed by atoms with E-state index in [1.54, 1.807) is 13.0 Å². The topological polar surface area (TPSA) is 91.7 Å². The van der Waals surface area contributed by atoms with Gasteiger partial charge in [0.05, 0.1) is 25.0 Å². The molecule has 0 aliphatic heterocycles. The molecule has 0 radical (unpaired) electrons. The van der Waals surface area contributed by atoms with Crippen LogP contribution in [0.4, 0.5) is 4.39 Å². The molecule has 2 unspecified atom stereocenters. The molecule has 1 aromatic carbocycles. The zero-order valence-corrected chi connectivity index (χ0v) is 17.0. The van der Waals surface area contributed by atoms with E-state index in [9.17, 15) is 22.4 Å². The van der Waals surface area contributed by atoms with Crippen LogP contribution in [-0.4, -0.2) is 38.4 Å². The van der Waals surface area contributed by atoms with Gasteiger partial charge in [0.25, 0.3) is 10.1 Å². The first-order valence-electron chi connectivity index (χ1n) is 9.59. The zero-order chi connectivity index (χ0) is 20.9. The molecule has 2 fully saturated rings. The van der Waals surface area contributed by atoms with E-state index in [0.717, 1.165) is 19.1 Å². The minimum absolute atomic E-state index is 0.0121. The number of hydrogen-bond donors (Lipinski definition) is 0. The second-order valence-corrected chi connectivity index (χ2v) is 9.36. The number of halogens is 1. The number of ether oxygens (including phenoxy) is 1. The van der Waals surface area contributed by atoms with E-state index in [0.29, 0.717) is 17.5 Å². The van der Waals surface area contributed by atoms with Crippen LogP contribution in [0.2, 0.25) is 0 Å². The summed E-state index contributed by atoms with van der Waals surface area (Å²) in [5.41, 5.74) is 0.381. The molecule has 0 spiro atoms. The van der Waals surface area contributed by atoms with Gasteiger partial charge in [-0.3, -0.25) is 8.98 Å². The van der Waals surface area contributed by atoms with Gasteiger partial charge < -0.3 is 9.30 Å². The molecule has 1 heterocycles. The first kappa shape index (κ1) is 20.0. The zero-order valence-electron chi connectivity index (χ0n) is 16.2. The number of aromatic nitrogens is 1. The Morgan fingerprint density at radius 2 is 2.03 bits per heavy atom. The molecule has 1 aromatic heterocycles. The van der Waals surface area contributed by atoms with Crippen LogP contribution >= 0.6 is 0 Å². The molecule has 2 saturated carbocycles. The van der Waals surface area contributed by atoms with E-state index in [1.165, 1.54) is 12.3 Å². The standard InChI is InChI=1S/C20H22FNO6S/c1-3-27-20(24)16-9-22(12-4-5-12)18-8-14(17(21)7-15(18)19(16)23)13-6-11(13)10-28-29(2,25)26/h7-9,11-13H,3-6,10H2,1-2H3. The Hall–Kier alpha value is -2.26. The van der Waals surface area contributed by atoms with Crippen molar-refractivity contribution in [3.63, 3.8) is 0 Å². The smallest absolute Gasteiger partial charge is 0.343 e. The summed E-state index contributed by atoms with van der Waals surface area (Å²) in [6.07, 6.45) is 4.95. The molecule has 29 heavy (non-hydrogen) atoms. The number of pyridine rings is 1. The van der Waals surface area contributed by atoms with Crippen molar-refractivity contribution in [2.24, 2.45) is 5.92 Å². The van der Waals surface area contributed by atoms with E-state index in [4.69, 9.17) is 8.92 Å². The van der Waals surface area contributed by atoms with E-state index < -0.39 is 27.3 Å². The second kappa shape index (κ2) is 7.21. The Morgan fingerprint density at radius 3 is 2.66 bits per heavy atom. The lowest BCUT2D eigenvalue weighted by atomic mass is 10.0. The average molecular weight is 423 g/mol. The average Bonchev–Trinajstić information content (AvgIpc) is 3.54. The molecular formula is C20H22FNO6S. The first-order chi connectivity index (χ1) is 13.7. The van der Waals surface area contributed by atoms with Gasteiger partial charge in [-0.1, -0.05) is 0 Å². The third kappa shape index (κ3) is 4.06. The lowest BCUT2D eigenvalue weighted by molar-refractivity contribution is 0.0524. The van der Waals surface area contributed by atoms with Gasteiger partial charge in [-0.25, -0.2) is 9.18 Å². The Kier molecular flexibility index (Phi) is 4.98. The summed E-state index contributed by atoms with van der Waals surface area (Å²) >= 11 is 0. The van der Waals surface area contributed by atoms with Crippen LogP contribution < -0.4 is 5.43 Å². The largest absolute Gasteiger partial charge is 0.462 e. The van der Waals surface area contributed by atoms with Gasteiger partial charge in [0.1, 0.15) is 11.4 Å². The molecule has 2 atom stereocenters. The van der Waals surface area contributed by atoms with E-state index in [1.807, 2.05) is 4.57 Å². The number of nitrogens with zero attached hydrogens (tertiary/aromatic N) is 1. The summed E-state index contributed by atoms with van der Waals surface area (Å²) in [5, 5.41) is 0.147. The van der Waals surface area contributed by atoms with Crippen molar-refractivity contribution in [1.82, 2.24) is 4.57 Å². The van der Waals surface area contributed by atoms with Crippen molar-refractivity contribution in [3.8, 4) is 0 Å². The molecule has 4 rings (SSSR count). The SMILES string of the molecule is CCOC(=O)c1cn(C2CC2)c2cc(C3CC3COS(C)(=O)=O)c(F)cc2c1=O. The molecular weight excluding hydrogens is 401 g/mol. The van der Waals surface area contributed by atoms with Crippen LogP contribution in [0, 0.1) is 11.7 Å². The van der Waals surface area contributed by atoms with Crippen LogP contribution in [0.15, 0.2) is 23.1 Å². The number of benzene rings is 1. The number of fused-ring (bicyclic) bond motifs is 1. The third-order valence-corrected chi connectivity index (χ3v) is 5.97. The number of carbonyl (C=O) groups excluding carboxylic acids is 1. The van der Waals surface area contributed by atoms with Crippen molar-refractivity contribution >= 4 is 27.0 Å². The molecule has 7 nitrogen and oxygen atoms in total. The Morgan fingerprint density at radius 1 is 1.31 bits per heavy atom. The summed E-state index contributed by atoms with van der Waals surface area (Å²) in [6.45, 7) is 1.81. The fraction of sp³-hybridized carbons (Fsp3) is 0.500. The highest BCUT2D eigenvalue weighted by Gasteiger charge is 2.41. The highest BCUT2D eigenvalue weighted by Crippen LogP contribution is 2.49. The van der Waals surface area contributed by atoms with Gasteiger partial charge in [-0.2, -0.15) is 8.42 Å². The molecule has 0 amide bonds. The van der Waals surface area contributed by atoms with Crippen LogP contribution in [0.1, 0.15) is 54.1 Å². The summed E-state index contributed by atoms with van der Waals surface area (Å²) < 4.78 is 48.9. The summed E-state index contributed by atoms with van der Waals surface area (Å²) in [7, 11) is -3.55. The summed E-state index contributed by atoms with van der Waals surface area (Å²) in [6, 6.07) is 3.00. The highest BCUT2D eigenvalue weighted by molar-refractivity contribution is 7.85. The Balaban J connectivity index is 1.74. The normalized spacial score (nSPS) is 21.3. The van der Waals surface area contributed by atoms with Gasteiger partial charge in [-0.05, 0) is 55.7 Å². The van der Waals surface area contributed by atoms with E-state index >= 15 is 0 Å². The maximum Gasteiger partial charge on any atom is 0.343 e. The predicted molar refractivity (Wildman–Crippen MR) is 104 cm³/mol. The molecule has 156 valence electrons. The van der Waals surface area contributed by atoms with Gasteiger partial charge in [-0.15, -0.1) is 0 Å². The fourth-order valence-corrected chi connectivity index (χ4v) is 4.12. The van der Waals surface area contributed by atoms with Crippen LogP contribution in [0.3, 0.4) is 0 Å². The highest BCUT2D eigenvalue weighted by atomic mass is 32.2. The summed E-state index contributed by atoms with van der Waals surface area (Å²) in [4.78, 5) is 25.0. The van der Waals surface area contributed by atoms with Crippen LogP contribution in [-0.2, 0) is 19.0 Å². The molecule has 0 saturated heterocycles. The van der Waals surface area contributed by atoms with E-state index in [-0.39, 0.29) is 42.0 Å². The maximum atomic E-state index is 14.8.